The van der Waals surface area contributed by atoms with Crippen LogP contribution in [0, 0.1) is 16.7 Å². The summed E-state index contributed by atoms with van der Waals surface area (Å²) in [5.41, 5.74) is -0.458. The average molecular weight is 165 g/mol. The lowest BCUT2D eigenvalue weighted by Gasteiger charge is -2.37. The molecule has 1 aliphatic heterocycles. The lowest BCUT2D eigenvalue weighted by atomic mass is 9.82. The molecule has 0 aliphatic carbocycles. The van der Waals surface area contributed by atoms with Gasteiger partial charge in [0.05, 0.1) is 11.7 Å². The van der Waals surface area contributed by atoms with Crippen LogP contribution in [-0.4, -0.2) is 11.7 Å². The minimum atomic E-state index is -0.336. The Bertz CT molecular complexity index is 245. The maximum atomic E-state index is 8.85. The Kier molecular flexibility index (Phi) is 2.01. The van der Waals surface area contributed by atoms with Gasteiger partial charge < -0.3 is 4.74 Å². The van der Waals surface area contributed by atoms with E-state index in [2.05, 4.69) is 12.1 Å². The van der Waals surface area contributed by atoms with Crippen LogP contribution >= 0.6 is 0 Å². The molecule has 0 fully saturated rings. The van der Waals surface area contributed by atoms with Crippen LogP contribution in [0.4, 0.5) is 0 Å². The highest BCUT2D eigenvalue weighted by molar-refractivity contribution is 5.15. The van der Waals surface area contributed by atoms with Crippen molar-refractivity contribution in [1.82, 2.24) is 0 Å². The third-order valence-electron chi connectivity index (χ3n) is 2.13. The Hall–Kier alpha value is -0.810. The van der Waals surface area contributed by atoms with Gasteiger partial charge in [-0.25, -0.2) is 0 Å². The van der Waals surface area contributed by atoms with Gasteiger partial charge in [-0.15, -0.1) is 0 Å². The monoisotopic (exact) mass is 165 g/mol. The smallest absolute Gasteiger partial charge is 0.153 e. The first kappa shape index (κ1) is 9.28. The summed E-state index contributed by atoms with van der Waals surface area (Å²) in [5.74, 6) is 0. The van der Waals surface area contributed by atoms with Crippen LogP contribution in [0.15, 0.2) is 12.2 Å². The third-order valence-corrected chi connectivity index (χ3v) is 2.13. The van der Waals surface area contributed by atoms with Crippen molar-refractivity contribution >= 4 is 0 Å². The zero-order valence-corrected chi connectivity index (χ0v) is 8.09. The Balaban J connectivity index is 2.94. The Labute approximate surface area is 73.8 Å². The van der Waals surface area contributed by atoms with E-state index in [4.69, 9.17) is 10.00 Å². The molecular weight excluding hydrogens is 150 g/mol. The van der Waals surface area contributed by atoms with Crippen LogP contribution in [0.5, 0.6) is 0 Å². The average Bonchev–Trinajstić information content (AvgIpc) is 1.95. The van der Waals surface area contributed by atoms with E-state index in [9.17, 15) is 0 Å². The van der Waals surface area contributed by atoms with Gasteiger partial charge in [0.25, 0.3) is 0 Å². The fourth-order valence-corrected chi connectivity index (χ4v) is 1.19. The van der Waals surface area contributed by atoms with Crippen molar-refractivity contribution in [2.24, 2.45) is 5.41 Å². The van der Waals surface area contributed by atoms with Gasteiger partial charge in [-0.2, -0.15) is 5.26 Å². The summed E-state index contributed by atoms with van der Waals surface area (Å²) in [4.78, 5) is 0. The van der Waals surface area contributed by atoms with Gasteiger partial charge in [-0.3, -0.25) is 0 Å². The highest BCUT2D eigenvalue weighted by Gasteiger charge is 2.36. The highest BCUT2D eigenvalue weighted by Crippen LogP contribution is 2.34. The minimum absolute atomic E-state index is 0.162. The van der Waals surface area contributed by atoms with Crippen LogP contribution in [-0.2, 0) is 4.74 Å². The fraction of sp³-hybridized carbons (Fsp3) is 0.700. The molecule has 0 saturated carbocycles. The van der Waals surface area contributed by atoms with E-state index >= 15 is 0 Å². The molecule has 0 aromatic rings. The summed E-state index contributed by atoms with van der Waals surface area (Å²) >= 11 is 0. The lowest BCUT2D eigenvalue weighted by molar-refractivity contribution is -0.0650. The second-order valence-electron chi connectivity index (χ2n) is 4.39. The molecule has 0 spiro atoms. The molecule has 0 saturated heterocycles. The molecule has 66 valence electrons. The summed E-state index contributed by atoms with van der Waals surface area (Å²) in [6, 6.07) is 2.18. The quantitative estimate of drug-likeness (QED) is 0.516. The molecular formula is C10H15NO. The molecule has 0 N–H and O–H groups in total. The van der Waals surface area contributed by atoms with Crippen LogP contribution in [0.2, 0.25) is 0 Å². The van der Waals surface area contributed by atoms with E-state index < -0.39 is 0 Å². The minimum Gasteiger partial charge on any atom is -0.352 e. The maximum absolute atomic E-state index is 8.85. The van der Waals surface area contributed by atoms with Gasteiger partial charge in [0, 0.05) is 5.41 Å². The molecule has 0 amide bonds. The van der Waals surface area contributed by atoms with E-state index in [0.717, 1.165) is 0 Å². The third kappa shape index (κ3) is 1.67. The predicted octanol–water partition coefficient (Wildman–Crippen LogP) is 2.27. The first-order chi connectivity index (χ1) is 5.37. The van der Waals surface area contributed by atoms with Gasteiger partial charge in [-0.05, 0) is 13.8 Å². The van der Waals surface area contributed by atoms with Crippen molar-refractivity contribution in [2.75, 3.05) is 0 Å². The first-order valence-electron chi connectivity index (χ1n) is 4.15. The predicted molar refractivity (Wildman–Crippen MR) is 47.5 cm³/mol. The van der Waals surface area contributed by atoms with Gasteiger partial charge >= 0.3 is 0 Å². The standard InChI is InChI=1S/C10H15NO/c1-9(2)5-6-10(3,4)12-8(9)7-11/h5-6,8H,1-4H3. The molecule has 2 nitrogen and oxygen atoms in total. The molecule has 0 aromatic carbocycles. The number of hydrogen-bond acceptors (Lipinski definition) is 2. The van der Waals surface area contributed by atoms with Crippen molar-refractivity contribution in [3.8, 4) is 6.07 Å². The normalized spacial score (nSPS) is 31.1. The highest BCUT2D eigenvalue weighted by atomic mass is 16.5. The Morgan fingerprint density at radius 2 is 1.83 bits per heavy atom. The molecule has 1 rings (SSSR count). The van der Waals surface area contributed by atoms with Gasteiger partial charge in [0.1, 0.15) is 0 Å². The second-order valence-corrected chi connectivity index (χ2v) is 4.39. The fourth-order valence-electron chi connectivity index (χ4n) is 1.19. The van der Waals surface area contributed by atoms with Gasteiger partial charge in [0.15, 0.2) is 6.10 Å². The maximum Gasteiger partial charge on any atom is 0.153 e. The van der Waals surface area contributed by atoms with Crippen molar-refractivity contribution in [1.29, 1.82) is 5.26 Å². The largest absolute Gasteiger partial charge is 0.352 e. The summed E-state index contributed by atoms with van der Waals surface area (Å²) < 4.78 is 5.59. The number of hydrogen-bond donors (Lipinski definition) is 0. The summed E-state index contributed by atoms with van der Waals surface area (Å²) in [6.07, 6.45) is 3.74. The van der Waals surface area contributed by atoms with Crippen LogP contribution < -0.4 is 0 Å². The molecule has 12 heavy (non-hydrogen) atoms. The van der Waals surface area contributed by atoms with Crippen molar-refractivity contribution in [2.45, 2.75) is 39.4 Å². The number of rotatable bonds is 0. The topological polar surface area (TPSA) is 33.0 Å². The Morgan fingerprint density at radius 1 is 1.25 bits per heavy atom. The van der Waals surface area contributed by atoms with E-state index in [1.54, 1.807) is 0 Å². The van der Waals surface area contributed by atoms with E-state index in [-0.39, 0.29) is 17.1 Å². The lowest BCUT2D eigenvalue weighted by Crippen LogP contribution is -2.40. The molecule has 0 radical (unpaired) electrons. The van der Waals surface area contributed by atoms with E-state index in [0.29, 0.717) is 0 Å². The molecule has 0 aromatic heterocycles. The number of ether oxygens (including phenoxy) is 1. The second kappa shape index (κ2) is 2.60. The molecule has 1 aliphatic rings. The van der Waals surface area contributed by atoms with Crippen LogP contribution in [0.3, 0.4) is 0 Å². The number of nitrogens with zero attached hydrogens (tertiary/aromatic N) is 1. The molecule has 1 unspecified atom stereocenters. The molecule has 2 heteroatoms. The summed E-state index contributed by atoms with van der Waals surface area (Å²) in [7, 11) is 0. The molecule has 1 heterocycles. The first-order valence-corrected chi connectivity index (χ1v) is 4.15. The number of nitriles is 1. The summed E-state index contributed by atoms with van der Waals surface area (Å²) in [5, 5.41) is 8.85. The van der Waals surface area contributed by atoms with Crippen molar-refractivity contribution in [3.05, 3.63) is 12.2 Å². The van der Waals surface area contributed by atoms with Gasteiger partial charge in [-0.1, -0.05) is 26.0 Å². The van der Waals surface area contributed by atoms with E-state index in [1.165, 1.54) is 0 Å². The SMILES string of the molecule is CC1(C)C=CC(C)(C)C(C#N)O1. The zero-order valence-electron chi connectivity index (χ0n) is 8.09. The molecule has 0 bridgehead atoms. The van der Waals surface area contributed by atoms with Crippen LogP contribution in [0.1, 0.15) is 27.7 Å². The summed E-state index contributed by atoms with van der Waals surface area (Å²) in [6.45, 7) is 7.94. The molecule has 1 atom stereocenters. The van der Waals surface area contributed by atoms with Crippen molar-refractivity contribution < 1.29 is 4.74 Å². The van der Waals surface area contributed by atoms with Crippen LogP contribution in [0.25, 0.3) is 0 Å². The Morgan fingerprint density at radius 3 is 2.25 bits per heavy atom. The van der Waals surface area contributed by atoms with E-state index in [1.807, 2.05) is 33.8 Å². The van der Waals surface area contributed by atoms with Gasteiger partial charge in [0.2, 0.25) is 0 Å². The zero-order chi connectivity index (χ0) is 9.41. The van der Waals surface area contributed by atoms with Crippen molar-refractivity contribution in [3.63, 3.8) is 0 Å².